The summed E-state index contributed by atoms with van der Waals surface area (Å²) in [5, 5.41) is 0.946. The fourth-order valence-electron chi connectivity index (χ4n) is 1.85. The highest BCUT2D eigenvalue weighted by Crippen LogP contribution is 2.32. The van der Waals surface area contributed by atoms with Crippen molar-refractivity contribution in [2.75, 3.05) is 11.9 Å². The second-order valence-electron chi connectivity index (χ2n) is 4.10. The number of rotatable bonds is 3. The van der Waals surface area contributed by atoms with Crippen molar-refractivity contribution in [3.05, 3.63) is 29.3 Å². The van der Waals surface area contributed by atoms with Gasteiger partial charge in [0.2, 0.25) is 0 Å². The van der Waals surface area contributed by atoms with Crippen LogP contribution >= 0.6 is 15.9 Å². The maximum atomic E-state index is 3.48. The number of benzene rings is 1. The molecule has 2 heteroatoms. The average Bonchev–Trinajstić information content (AvgIpc) is 3.00. The van der Waals surface area contributed by atoms with E-state index in [0.29, 0.717) is 0 Å². The van der Waals surface area contributed by atoms with Crippen LogP contribution in [0, 0.1) is 6.92 Å². The maximum Gasteiger partial charge on any atom is 0.0396 e. The smallest absolute Gasteiger partial charge is 0.0396 e. The van der Waals surface area contributed by atoms with Gasteiger partial charge in [0.25, 0.3) is 0 Å². The quantitative estimate of drug-likeness (QED) is 0.746. The molecule has 1 aromatic carbocycles. The molecule has 1 saturated carbocycles. The van der Waals surface area contributed by atoms with E-state index in [4.69, 9.17) is 0 Å². The second-order valence-corrected chi connectivity index (χ2v) is 4.66. The van der Waals surface area contributed by atoms with Gasteiger partial charge in [0.05, 0.1) is 0 Å². The summed E-state index contributed by atoms with van der Waals surface area (Å²) in [5.74, 6) is 0. The van der Waals surface area contributed by atoms with Crippen molar-refractivity contribution in [3.8, 4) is 0 Å². The van der Waals surface area contributed by atoms with Crippen LogP contribution in [0.4, 0.5) is 5.69 Å². The van der Waals surface area contributed by atoms with Gasteiger partial charge in [-0.1, -0.05) is 28.1 Å². The Morgan fingerprint density at radius 1 is 1.43 bits per heavy atom. The maximum absolute atomic E-state index is 3.48. The molecule has 0 aromatic heterocycles. The van der Waals surface area contributed by atoms with Crippen molar-refractivity contribution in [2.24, 2.45) is 0 Å². The standard InChI is InChI=1S/C12H16BrN/c1-9-7-10(8-13)3-6-12(9)14(2)11-4-5-11/h3,6-7,11H,4-5,8H2,1-2H3. The highest BCUT2D eigenvalue weighted by molar-refractivity contribution is 9.08. The molecular weight excluding hydrogens is 238 g/mol. The van der Waals surface area contributed by atoms with Crippen molar-refractivity contribution in [1.82, 2.24) is 0 Å². The third-order valence-corrected chi connectivity index (χ3v) is 3.54. The predicted molar refractivity (Wildman–Crippen MR) is 65.2 cm³/mol. The van der Waals surface area contributed by atoms with Crippen LogP contribution < -0.4 is 4.90 Å². The van der Waals surface area contributed by atoms with Crippen LogP contribution in [0.2, 0.25) is 0 Å². The minimum Gasteiger partial charge on any atom is -0.371 e. The number of hydrogen-bond donors (Lipinski definition) is 0. The van der Waals surface area contributed by atoms with E-state index in [-0.39, 0.29) is 0 Å². The lowest BCUT2D eigenvalue weighted by atomic mass is 10.1. The fourth-order valence-corrected chi connectivity index (χ4v) is 2.20. The zero-order valence-corrected chi connectivity index (χ0v) is 10.3. The molecule has 76 valence electrons. The lowest BCUT2D eigenvalue weighted by Gasteiger charge is -2.21. The van der Waals surface area contributed by atoms with E-state index < -0.39 is 0 Å². The van der Waals surface area contributed by atoms with Gasteiger partial charge in [-0.15, -0.1) is 0 Å². The topological polar surface area (TPSA) is 3.24 Å². The summed E-state index contributed by atoms with van der Waals surface area (Å²) < 4.78 is 0. The summed E-state index contributed by atoms with van der Waals surface area (Å²) in [6.07, 6.45) is 2.71. The molecular formula is C12H16BrN. The van der Waals surface area contributed by atoms with Gasteiger partial charge in [-0.05, 0) is 37.0 Å². The van der Waals surface area contributed by atoms with E-state index >= 15 is 0 Å². The first-order valence-corrected chi connectivity index (χ1v) is 6.23. The van der Waals surface area contributed by atoms with Gasteiger partial charge in [0, 0.05) is 24.1 Å². The van der Waals surface area contributed by atoms with Gasteiger partial charge in [0.1, 0.15) is 0 Å². The van der Waals surface area contributed by atoms with Crippen molar-refractivity contribution in [3.63, 3.8) is 0 Å². The minimum atomic E-state index is 0.795. The van der Waals surface area contributed by atoms with Gasteiger partial charge in [-0.3, -0.25) is 0 Å². The summed E-state index contributed by atoms with van der Waals surface area (Å²) in [6.45, 7) is 2.19. The second kappa shape index (κ2) is 3.93. The summed E-state index contributed by atoms with van der Waals surface area (Å²) >= 11 is 3.48. The molecule has 0 N–H and O–H groups in total. The van der Waals surface area contributed by atoms with Crippen LogP contribution in [0.25, 0.3) is 0 Å². The molecule has 0 unspecified atom stereocenters. The van der Waals surface area contributed by atoms with Gasteiger partial charge in [-0.25, -0.2) is 0 Å². The molecule has 0 radical (unpaired) electrons. The van der Waals surface area contributed by atoms with Gasteiger partial charge in [0.15, 0.2) is 0 Å². The molecule has 2 rings (SSSR count). The highest BCUT2D eigenvalue weighted by atomic mass is 79.9. The van der Waals surface area contributed by atoms with Crippen LogP contribution in [0.1, 0.15) is 24.0 Å². The van der Waals surface area contributed by atoms with Crippen molar-refractivity contribution >= 4 is 21.6 Å². The molecule has 0 atom stereocenters. The molecule has 0 aliphatic heterocycles. The van der Waals surface area contributed by atoms with Crippen molar-refractivity contribution in [1.29, 1.82) is 0 Å². The number of aryl methyl sites for hydroxylation is 1. The largest absolute Gasteiger partial charge is 0.371 e. The lowest BCUT2D eigenvalue weighted by molar-refractivity contribution is 0.911. The number of halogens is 1. The summed E-state index contributed by atoms with van der Waals surface area (Å²) in [7, 11) is 2.20. The Kier molecular flexibility index (Phi) is 2.82. The molecule has 1 nitrogen and oxygen atoms in total. The monoisotopic (exact) mass is 253 g/mol. The van der Waals surface area contributed by atoms with E-state index in [2.05, 4.69) is 53.0 Å². The van der Waals surface area contributed by atoms with Crippen LogP contribution in [0.3, 0.4) is 0 Å². The van der Waals surface area contributed by atoms with Crippen LogP contribution in [-0.2, 0) is 5.33 Å². The van der Waals surface area contributed by atoms with Crippen molar-refractivity contribution in [2.45, 2.75) is 31.1 Å². The number of nitrogens with zero attached hydrogens (tertiary/aromatic N) is 1. The fraction of sp³-hybridized carbons (Fsp3) is 0.500. The van der Waals surface area contributed by atoms with E-state index in [9.17, 15) is 0 Å². The van der Waals surface area contributed by atoms with Crippen molar-refractivity contribution < 1.29 is 0 Å². The van der Waals surface area contributed by atoms with E-state index in [0.717, 1.165) is 11.4 Å². The van der Waals surface area contributed by atoms with E-state index in [1.54, 1.807) is 0 Å². The first-order valence-electron chi connectivity index (χ1n) is 5.10. The Morgan fingerprint density at radius 3 is 2.64 bits per heavy atom. The van der Waals surface area contributed by atoms with E-state index in [1.165, 1.54) is 29.7 Å². The zero-order valence-electron chi connectivity index (χ0n) is 8.76. The molecule has 0 amide bonds. The van der Waals surface area contributed by atoms with Crippen LogP contribution in [0.15, 0.2) is 18.2 Å². The van der Waals surface area contributed by atoms with Gasteiger partial charge >= 0.3 is 0 Å². The summed E-state index contributed by atoms with van der Waals surface area (Å²) in [4.78, 5) is 2.41. The zero-order chi connectivity index (χ0) is 10.1. The summed E-state index contributed by atoms with van der Waals surface area (Å²) in [5.41, 5.74) is 4.13. The Morgan fingerprint density at radius 2 is 2.14 bits per heavy atom. The Bertz CT molecular complexity index is 331. The highest BCUT2D eigenvalue weighted by Gasteiger charge is 2.26. The molecule has 1 aliphatic rings. The first kappa shape index (κ1) is 10.0. The molecule has 0 bridgehead atoms. The van der Waals surface area contributed by atoms with Crippen LogP contribution in [0.5, 0.6) is 0 Å². The van der Waals surface area contributed by atoms with Gasteiger partial charge < -0.3 is 4.90 Å². The minimum absolute atomic E-state index is 0.795. The first-order chi connectivity index (χ1) is 6.72. The molecule has 14 heavy (non-hydrogen) atoms. The normalized spacial score (nSPS) is 15.6. The molecule has 0 heterocycles. The number of alkyl halides is 1. The molecule has 0 saturated heterocycles. The average molecular weight is 254 g/mol. The Labute approximate surface area is 94.2 Å². The Balaban J connectivity index is 2.24. The SMILES string of the molecule is Cc1cc(CBr)ccc1N(C)C1CC1. The third kappa shape index (κ3) is 1.95. The lowest BCUT2D eigenvalue weighted by Crippen LogP contribution is -2.20. The third-order valence-electron chi connectivity index (χ3n) is 2.89. The molecule has 1 aromatic rings. The number of hydrogen-bond acceptors (Lipinski definition) is 1. The Hall–Kier alpha value is -0.500. The summed E-state index contributed by atoms with van der Waals surface area (Å²) in [6, 6.07) is 7.51. The number of anilines is 1. The molecule has 1 fully saturated rings. The predicted octanol–water partition coefficient (Wildman–Crippen LogP) is 3.49. The van der Waals surface area contributed by atoms with Gasteiger partial charge in [-0.2, -0.15) is 0 Å². The molecule has 0 spiro atoms. The molecule has 1 aliphatic carbocycles. The van der Waals surface area contributed by atoms with Crippen LogP contribution in [-0.4, -0.2) is 13.1 Å². The van der Waals surface area contributed by atoms with E-state index in [1.807, 2.05) is 0 Å².